The Bertz CT molecular complexity index is 858. The fourth-order valence-corrected chi connectivity index (χ4v) is 6.83. The van der Waals surface area contributed by atoms with Crippen LogP contribution in [0.2, 0.25) is 10.0 Å². The first-order valence-electron chi connectivity index (χ1n) is 10.5. The van der Waals surface area contributed by atoms with Crippen LogP contribution in [-0.4, -0.2) is 73.2 Å². The van der Waals surface area contributed by atoms with E-state index in [1.807, 2.05) is 4.90 Å². The van der Waals surface area contributed by atoms with Crippen LogP contribution in [0.15, 0.2) is 23.1 Å². The van der Waals surface area contributed by atoms with Crippen LogP contribution in [0, 0.1) is 5.92 Å². The maximum atomic E-state index is 13.1. The van der Waals surface area contributed by atoms with E-state index in [1.54, 1.807) is 6.07 Å². The number of hydrogen-bond donors (Lipinski definition) is 0. The smallest absolute Gasteiger partial charge is 0.246 e. The highest BCUT2D eigenvalue weighted by molar-refractivity contribution is 7.89. The van der Waals surface area contributed by atoms with Gasteiger partial charge in [0.1, 0.15) is 4.90 Å². The lowest BCUT2D eigenvalue weighted by Gasteiger charge is -2.35. The zero-order valence-electron chi connectivity index (χ0n) is 17.9. The number of piperidine rings is 1. The first-order chi connectivity index (χ1) is 14.0. The molecule has 3 rings (SSSR count). The van der Waals surface area contributed by atoms with Gasteiger partial charge < -0.3 is 4.90 Å². The summed E-state index contributed by atoms with van der Waals surface area (Å²) in [6.45, 7) is 10.5. The Kier molecular flexibility index (Phi) is 7.40. The Balaban J connectivity index is 1.62. The largest absolute Gasteiger partial charge is 0.341 e. The molecule has 0 saturated carbocycles. The third kappa shape index (κ3) is 5.13. The van der Waals surface area contributed by atoms with E-state index in [-0.39, 0.29) is 32.3 Å². The van der Waals surface area contributed by atoms with Gasteiger partial charge in [0.2, 0.25) is 15.9 Å². The van der Waals surface area contributed by atoms with Gasteiger partial charge >= 0.3 is 0 Å². The lowest BCUT2D eigenvalue weighted by atomic mass is 9.96. The Morgan fingerprint density at radius 2 is 1.57 bits per heavy atom. The van der Waals surface area contributed by atoms with Crippen molar-refractivity contribution in [1.29, 1.82) is 0 Å². The molecule has 2 heterocycles. The highest BCUT2D eigenvalue weighted by Crippen LogP contribution is 2.33. The molecule has 9 heteroatoms. The average Bonchev–Trinajstić information content (AvgIpc) is 2.93. The van der Waals surface area contributed by atoms with Gasteiger partial charge in [0.15, 0.2) is 0 Å². The monoisotopic (exact) mass is 475 g/mol. The summed E-state index contributed by atoms with van der Waals surface area (Å²) < 4.78 is 27.5. The number of carbonyl (C=O) groups is 1. The molecule has 2 saturated heterocycles. The lowest BCUT2D eigenvalue weighted by molar-refractivity contribution is -0.136. The number of carbonyl (C=O) groups excluding carboxylic acids is 1. The van der Waals surface area contributed by atoms with Gasteiger partial charge in [0.05, 0.1) is 10.0 Å². The number of halogens is 2. The van der Waals surface area contributed by atoms with Gasteiger partial charge in [-0.05, 0) is 52.2 Å². The Morgan fingerprint density at radius 3 is 2.13 bits per heavy atom. The first-order valence-corrected chi connectivity index (χ1v) is 12.7. The normalized spacial score (nSPS) is 20.9. The van der Waals surface area contributed by atoms with Crippen molar-refractivity contribution in [2.24, 2.45) is 5.92 Å². The van der Waals surface area contributed by atoms with E-state index in [0.29, 0.717) is 25.9 Å². The summed E-state index contributed by atoms with van der Waals surface area (Å²) in [6.07, 6.45) is 1.99. The summed E-state index contributed by atoms with van der Waals surface area (Å²) in [5.74, 6) is 0.0120. The van der Waals surface area contributed by atoms with Crippen molar-refractivity contribution in [2.75, 3.05) is 39.3 Å². The molecule has 1 aromatic rings. The second-order valence-corrected chi connectivity index (χ2v) is 11.8. The Labute approximate surface area is 190 Å². The molecular formula is C21H31Cl2N3O3S. The van der Waals surface area contributed by atoms with E-state index >= 15 is 0 Å². The molecule has 2 fully saturated rings. The van der Waals surface area contributed by atoms with Crippen molar-refractivity contribution >= 4 is 39.1 Å². The van der Waals surface area contributed by atoms with E-state index in [0.717, 1.165) is 32.6 Å². The average molecular weight is 476 g/mol. The van der Waals surface area contributed by atoms with Crippen LogP contribution in [-0.2, 0) is 14.8 Å². The van der Waals surface area contributed by atoms with Crippen molar-refractivity contribution in [3.05, 3.63) is 28.2 Å². The number of hydrogen-bond acceptors (Lipinski definition) is 4. The van der Waals surface area contributed by atoms with Gasteiger partial charge in [-0.1, -0.05) is 29.3 Å². The minimum absolute atomic E-state index is 0.0482. The van der Waals surface area contributed by atoms with Gasteiger partial charge in [-0.2, -0.15) is 4.31 Å². The van der Waals surface area contributed by atoms with Crippen molar-refractivity contribution < 1.29 is 13.2 Å². The van der Waals surface area contributed by atoms with E-state index in [9.17, 15) is 13.2 Å². The number of sulfonamides is 1. The summed E-state index contributed by atoms with van der Waals surface area (Å²) in [6, 6.07) is 4.67. The summed E-state index contributed by atoms with van der Waals surface area (Å²) in [5.41, 5.74) is 0.0960. The molecule has 0 aromatic heterocycles. The zero-order chi connectivity index (χ0) is 22.1. The van der Waals surface area contributed by atoms with Crippen LogP contribution in [0.25, 0.3) is 0 Å². The van der Waals surface area contributed by atoms with Crippen molar-refractivity contribution in [3.63, 3.8) is 0 Å². The molecule has 1 aromatic carbocycles. The molecule has 0 aliphatic carbocycles. The summed E-state index contributed by atoms with van der Waals surface area (Å²) in [4.78, 5) is 17.4. The maximum absolute atomic E-state index is 13.1. The third-order valence-corrected chi connectivity index (χ3v) is 8.93. The lowest BCUT2D eigenvalue weighted by Crippen LogP contribution is -2.46. The molecule has 1 amide bonds. The molecule has 0 unspecified atom stereocenters. The van der Waals surface area contributed by atoms with Crippen LogP contribution < -0.4 is 0 Å². The van der Waals surface area contributed by atoms with Gasteiger partial charge in [-0.3, -0.25) is 9.69 Å². The quantitative estimate of drug-likeness (QED) is 0.667. The fourth-order valence-electron chi connectivity index (χ4n) is 4.27. The third-order valence-electron chi connectivity index (χ3n) is 6.08. The highest BCUT2D eigenvalue weighted by atomic mass is 35.5. The number of nitrogens with zero attached hydrogens (tertiary/aromatic N) is 3. The molecule has 30 heavy (non-hydrogen) atoms. The second-order valence-electron chi connectivity index (χ2n) is 9.07. The predicted molar refractivity (Wildman–Crippen MR) is 120 cm³/mol. The molecule has 0 atom stereocenters. The fraction of sp³-hybridized carbons (Fsp3) is 0.667. The Morgan fingerprint density at radius 1 is 0.967 bits per heavy atom. The van der Waals surface area contributed by atoms with Crippen molar-refractivity contribution in [3.8, 4) is 0 Å². The van der Waals surface area contributed by atoms with Gasteiger partial charge in [0.25, 0.3) is 0 Å². The molecule has 168 valence electrons. The molecule has 0 bridgehead atoms. The molecule has 0 spiro atoms. The first kappa shape index (κ1) is 23.8. The SMILES string of the molecule is CC(C)(C)N1CCCN(C(=O)C2CCN(S(=O)(=O)c3c(Cl)cccc3Cl)CC2)CC1. The van der Waals surface area contributed by atoms with Crippen LogP contribution in [0.5, 0.6) is 0 Å². The highest BCUT2D eigenvalue weighted by Gasteiger charge is 2.36. The zero-order valence-corrected chi connectivity index (χ0v) is 20.2. The van der Waals surface area contributed by atoms with E-state index in [2.05, 4.69) is 25.7 Å². The minimum Gasteiger partial charge on any atom is -0.341 e. The van der Waals surface area contributed by atoms with Gasteiger partial charge in [0, 0.05) is 50.7 Å². The molecule has 0 N–H and O–H groups in total. The maximum Gasteiger partial charge on any atom is 0.246 e. The van der Waals surface area contributed by atoms with E-state index in [4.69, 9.17) is 23.2 Å². The number of amides is 1. The van der Waals surface area contributed by atoms with E-state index in [1.165, 1.54) is 16.4 Å². The molecule has 2 aliphatic heterocycles. The number of benzene rings is 1. The van der Waals surface area contributed by atoms with Gasteiger partial charge in [-0.15, -0.1) is 0 Å². The van der Waals surface area contributed by atoms with Crippen LogP contribution in [0.3, 0.4) is 0 Å². The standard InChI is InChI=1S/C21H31Cl2N3O3S/c1-21(2,3)25-11-5-10-24(14-15-25)20(27)16-8-12-26(13-9-16)30(28,29)19-17(22)6-4-7-18(19)23/h4,6-7,16H,5,8-15H2,1-3H3. The summed E-state index contributed by atoms with van der Waals surface area (Å²) in [5, 5.41) is 0.238. The molecule has 2 aliphatic rings. The summed E-state index contributed by atoms with van der Waals surface area (Å²) in [7, 11) is -3.79. The van der Waals surface area contributed by atoms with E-state index < -0.39 is 10.0 Å². The topological polar surface area (TPSA) is 60.9 Å². The second kappa shape index (κ2) is 9.33. The summed E-state index contributed by atoms with van der Waals surface area (Å²) >= 11 is 12.2. The minimum atomic E-state index is -3.79. The van der Waals surface area contributed by atoms with Crippen LogP contribution in [0.4, 0.5) is 0 Å². The van der Waals surface area contributed by atoms with Crippen molar-refractivity contribution in [1.82, 2.24) is 14.1 Å². The van der Waals surface area contributed by atoms with Gasteiger partial charge in [-0.25, -0.2) is 8.42 Å². The molecule has 6 nitrogen and oxygen atoms in total. The van der Waals surface area contributed by atoms with Crippen LogP contribution in [0.1, 0.15) is 40.0 Å². The van der Waals surface area contributed by atoms with Crippen molar-refractivity contribution in [2.45, 2.75) is 50.5 Å². The molecular weight excluding hydrogens is 445 g/mol. The predicted octanol–water partition coefficient (Wildman–Crippen LogP) is 3.73. The number of rotatable bonds is 3. The molecule has 0 radical (unpaired) electrons. The van der Waals surface area contributed by atoms with Crippen LogP contribution >= 0.6 is 23.2 Å². The Hall–Kier alpha value is -0.860.